The molecule has 0 saturated carbocycles. The Bertz CT molecular complexity index is 65.1. The molecule has 0 unspecified atom stereocenters. The Labute approximate surface area is 55.7 Å². The van der Waals surface area contributed by atoms with Crippen LogP contribution in [0, 0.1) is 0 Å². The summed E-state index contributed by atoms with van der Waals surface area (Å²) in [7, 11) is 5.22. The van der Waals surface area contributed by atoms with Crippen LogP contribution in [0.5, 0.6) is 0 Å². The first kappa shape index (κ1) is 10.5. The number of nitrogens with zero attached hydrogens (tertiary/aromatic N) is 2. The van der Waals surface area contributed by atoms with Gasteiger partial charge in [0.2, 0.25) is 0 Å². The van der Waals surface area contributed by atoms with Gasteiger partial charge >= 0.3 is 0 Å². The molecule has 0 heterocycles. The summed E-state index contributed by atoms with van der Waals surface area (Å²) in [6.07, 6.45) is 1.38. The number of ether oxygens (including phenoxy) is 1. The Kier molecular flexibility index (Phi) is 8.63. The number of rotatable bonds is 2. The lowest BCUT2D eigenvalue weighted by atomic mass is 11.2. The number of halogens is 1. The maximum atomic E-state index is 4.52. The zero-order chi connectivity index (χ0) is 5.70. The lowest BCUT2D eigenvalue weighted by molar-refractivity contribution is 0.378. The third-order valence-electron chi connectivity index (χ3n) is 0.383. The third-order valence-corrected chi connectivity index (χ3v) is 0.383. The third kappa shape index (κ3) is 9.12. The molecule has 8 heavy (non-hydrogen) atoms. The van der Waals surface area contributed by atoms with Crippen molar-refractivity contribution in [2.75, 3.05) is 21.2 Å². The van der Waals surface area contributed by atoms with Crippen LogP contribution >= 0.6 is 12.4 Å². The molecule has 0 amide bonds. The standard InChI is InChI=1S/C4H10N2O.ClH/c1-6(2)5-4-7-3;/h4H,1-3H3;1H. The van der Waals surface area contributed by atoms with Crippen molar-refractivity contribution in [2.24, 2.45) is 5.10 Å². The van der Waals surface area contributed by atoms with Crippen molar-refractivity contribution in [3.63, 3.8) is 0 Å². The SMILES string of the molecule is COC=NN(C)C.Cl. The van der Waals surface area contributed by atoms with Crippen LogP contribution in [0.3, 0.4) is 0 Å². The zero-order valence-corrected chi connectivity index (χ0v) is 6.10. The molecule has 0 fully saturated rings. The van der Waals surface area contributed by atoms with E-state index in [9.17, 15) is 0 Å². The molecule has 0 aromatic rings. The summed E-state index contributed by atoms with van der Waals surface area (Å²) < 4.78 is 4.52. The van der Waals surface area contributed by atoms with E-state index in [1.807, 2.05) is 14.1 Å². The van der Waals surface area contributed by atoms with Crippen molar-refractivity contribution in [1.82, 2.24) is 5.01 Å². The smallest absolute Gasteiger partial charge is 0.192 e. The van der Waals surface area contributed by atoms with Gasteiger partial charge in [0.15, 0.2) is 6.40 Å². The molecular weight excluding hydrogens is 128 g/mol. The average molecular weight is 139 g/mol. The molecule has 0 aliphatic heterocycles. The molecule has 0 aromatic carbocycles. The van der Waals surface area contributed by atoms with E-state index in [0.717, 1.165) is 0 Å². The Balaban J connectivity index is 0. The fourth-order valence-electron chi connectivity index (χ4n) is 0.141. The second kappa shape index (κ2) is 6.56. The molecule has 0 aliphatic carbocycles. The molecule has 0 radical (unpaired) electrons. The highest BCUT2D eigenvalue weighted by atomic mass is 35.5. The Morgan fingerprint density at radius 3 is 2.12 bits per heavy atom. The molecule has 3 nitrogen and oxygen atoms in total. The van der Waals surface area contributed by atoms with Gasteiger partial charge in [-0.3, -0.25) is 0 Å². The predicted molar refractivity (Wildman–Crippen MR) is 36.4 cm³/mol. The van der Waals surface area contributed by atoms with Gasteiger partial charge in [-0.1, -0.05) is 0 Å². The molecule has 0 atom stereocenters. The first-order valence-corrected chi connectivity index (χ1v) is 2.00. The van der Waals surface area contributed by atoms with Crippen LogP contribution in [0.4, 0.5) is 0 Å². The fraction of sp³-hybridized carbons (Fsp3) is 0.750. The monoisotopic (exact) mass is 138 g/mol. The molecule has 0 spiro atoms. The first-order chi connectivity index (χ1) is 3.27. The maximum Gasteiger partial charge on any atom is 0.192 e. The summed E-state index contributed by atoms with van der Waals surface area (Å²) >= 11 is 0. The van der Waals surface area contributed by atoms with Gasteiger partial charge in [0.05, 0.1) is 7.11 Å². The highest BCUT2D eigenvalue weighted by Crippen LogP contribution is 1.69. The van der Waals surface area contributed by atoms with E-state index in [1.54, 1.807) is 12.1 Å². The molecule has 0 bridgehead atoms. The lowest BCUT2D eigenvalue weighted by Crippen LogP contribution is -2.01. The Morgan fingerprint density at radius 2 is 2.00 bits per heavy atom. The van der Waals surface area contributed by atoms with Crippen molar-refractivity contribution in [2.45, 2.75) is 0 Å². The van der Waals surface area contributed by atoms with E-state index < -0.39 is 0 Å². The van der Waals surface area contributed by atoms with Crippen LogP contribution < -0.4 is 0 Å². The van der Waals surface area contributed by atoms with Crippen molar-refractivity contribution in [1.29, 1.82) is 0 Å². The van der Waals surface area contributed by atoms with Crippen molar-refractivity contribution >= 4 is 18.8 Å². The van der Waals surface area contributed by atoms with E-state index in [2.05, 4.69) is 9.84 Å². The fourth-order valence-corrected chi connectivity index (χ4v) is 0.141. The van der Waals surface area contributed by atoms with Gasteiger partial charge in [-0.2, -0.15) is 0 Å². The highest BCUT2D eigenvalue weighted by molar-refractivity contribution is 5.85. The molecule has 4 heteroatoms. The molecule has 0 aromatic heterocycles. The van der Waals surface area contributed by atoms with Gasteiger partial charge in [-0.15, -0.1) is 17.5 Å². The van der Waals surface area contributed by atoms with Crippen LogP contribution in [-0.2, 0) is 4.74 Å². The molecule has 0 aliphatic rings. The summed E-state index contributed by atoms with van der Waals surface area (Å²) in [5.74, 6) is 0. The number of hydrogen-bond donors (Lipinski definition) is 0. The molecule has 0 N–H and O–H groups in total. The van der Waals surface area contributed by atoms with E-state index in [1.165, 1.54) is 6.40 Å². The second-order valence-corrected chi connectivity index (χ2v) is 1.30. The quantitative estimate of drug-likeness (QED) is 0.317. The van der Waals surface area contributed by atoms with E-state index >= 15 is 0 Å². The number of hydrogen-bond acceptors (Lipinski definition) is 3. The lowest BCUT2D eigenvalue weighted by Gasteiger charge is -1.99. The minimum absolute atomic E-state index is 0. The second-order valence-electron chi connectivity index (χ2n) is 1.30. The highest BCUT2D eigenvalue weighted by Gasteiger charge is 1.70. The zero-order valence-electron chi connectivity index (χ0n) is 5.29. The average Bonchev–Trinajstić information content (AvgIpc) is 1.61. The number of methoxy groups -OCH3 is 1. The van der Waals surface area contributed by atoms with Crippen LogP contribution in [0.15, 0.2) is 5.10 Å². The minimum Gasteiger partial charge on any atom is -0.485 e. The maximum absolute atomic E-state index is 4.52. The summed E-state index contributed by atoms with van der Waals surface area (Å²) in [5, 5.41) is 5.39. The Morgan fingerprint density at radius 1 is 1.50 bits per heavy atom. The Hall–Kier alpha value is -0.440. The summed E-state index contributed by atoms with van der Waals surface area (Å²) in [6, 6.07) is 0. The minimum atomic E-state index is 0. The topological polar surface area (TPSA) is 24.8 Å². The van der Waals surface area contributed by atoms with Crippen LogP contribution in [-0.4, -0.2) is 32.6 Å². The largest absolute Gasteiger partial charge is 0.485 e. The first-order valence-electron chi connectivity index (χ1n) is 2.00. The van der Waals surface area contributed by atoms with Gasteiger partial charge in [0.1, 0.15) is 0 Å². The van der Waals surface area contributed by atoms with Crippen molar-refractivity contribution in [3.05, 3.63) is 0 Å². The van der Waals surface area contributed by atoms with Crippen molar-refractivity contribution < 1.29 is 4.74 Å². The van der Waals surface area contributed by atoms with Gasteiger partial charge in [0.25, 0.3) is 0 Å². The molecule has 50 valence electrons. The van der Waals surface area contributed by atoms with Gasteiger partial charge in [-0.25, -0.2) is 0 Å². The molecule has 0 rings (SSSR count). The molecular formula is C4H11ClN2O. The van der Waals surface area contributed by atoms with E-state index in [-0.39, 0.29) is 12.4 Å². The van der Waals surface area contributed by atoms with Crippen LogP contribution in [0.25, 0.3) is 0 Å². The number of hydrazone groups is 1. The summed E-state index contributed by atoms with van der Waals surface area (Å²) in [4.78, 5) is 0. The summed E-state index contributed by atoms with van der Waals surface area (Å²) in [6.45, 7) is 0. The predicted octanol–water partition coefficient (Wildman–Crippen LogP) is 0.559. The van der Waals surface area contributed by atoms with Gasteiger partial charge in [-0.05, 0) is 0 Å². The van der Waals surface area contributed by atoms with Crippen molar-refractivity contribution in [3.8, 4) is 0 Å². The van der Waals surface area contributed by atoms with Crippen LogP contribution in [0.2, 0.25) is 0 Å². The van der Waals surface area contributed by atoms with E-state index in [4.69, 9.17) is 0 Å². The summed E-state index contributed by atoms with van der Waals surface area (Å²) in [5.41, 5.74) is 0. The van der Waals surface area contributed by atoms with Gasteiger partial charge < -0.3 is 9.75 Å². The van der Waals surface area contributed by atoms with Gasteiger partial charge in [0, 0.05) is 14.1 Å². The normalized spacial score (nSPS) is 8.38. The van der Waals surface area contributed by atoms with E-state index in [0.29, 0.717) is 0 Å². The van der Waals surface area contributed by atoms with Crippen LogP contribution in [0.1, 0.15) is 0 Å². The molecule has 0 saturated heterocycles.